The molecule has 1 aliphatic heterocycles. The average Bonchev–Trinajstić information content (AvgIpc) is 3.27. The third-order valence-electron chi connectivity index (χ3n) is 6.53. The van der Waals surface area contributed by atoms with Crippen molar-refractivity contribution in [3.63, 3.8) is 0 Å². The molecule has 0 aromatic heterocycles. The number of carbonyl (C=O) groups excluding carboxylic acids is 1. The van der Waals surface area contributed by atoms with Crippen molar-refractivity contribution in [1.29, 1.82) is 0 Å². The third kappa shape index (κ3) is 3.08. The Hall–Kier alpha value is -2.71. The molecule has 140 valence electrons. The number of fused-ring (bicyclic) bond motifs is 1. The van der Waals surface area contributed by atoms with Gasteiger partial charge in [0.05, 0.1) is 5.92 Å². The van der Waals surface area contributed by atoms with Gasteiger partial charge in [-0.3, -0.25) is 9.69 Å². The maximum atomic E-state index is 13.5. The van der Waals surface area contributed by atoms with Gasteiger partial charge in [0.25, 0.3) is 0 Å². The van der Waals surface area contributed by atoms with E-state index in [0.29, 0.717) is 11.7 Å². The Kier molecular flexibility index (Phi) is 4.58. The number of hydrogen-bond acceptors (Lipinski definition) is 2. The lowest BCUT2D eigenvalue weighted by molar-refractivity contribution is -0.122. The summed E-state index contributed by atoms with van der Waals surface area (Å²) in [5.41, 5.74) is 3.80. The molecule has 1 heterocycles. The van der Waals surface area contributed by atoms with Gasteiger partial charge in [0, 0.05) is 31.5 Å². The molecule has 0 N–H and O–H groups in total. The first-order chi connectivity index (χ1) is 13.8. The second-order valence-electron chi connectivity index (χ2n) is 8.18. The third-order valence-corrected chi connectivity index (χ3v) is 6.53. The van der Waals surface area contributed by atoms with E-state index in [2.05, 4.69) is 89.8 Å². The molecule has 0 amide bonds. The van der Waals surface area contributed by atoms with Gasteiger partial charge in [-0.1, -0.05) is 91.0 Å². The Bertz CT molecular complexity index is 938. The molecule has 4 unspecified atom stereocenters. The molecule has 2 fully saturated rings. The molecular formula is C26H25NO. The van der Waals surface area contributed by atoms with Gasteiger partial charge in [-0.15, -0.1) is 0 Å². The fourth-order valence-electron chi connectivity index (χ4n) is 5.35. The van der Waals surface area contributed by atoms with Crippen molar-refractivity contribution in [3.8, 4) is 0 Å². The Labute approximate surface area is 166 Å². The summed E-state index contributed by atoms with van der Waals surface area (Å²) in [6, 6.07) is 31.7. The van der Waals surface area contributed by atoms with Crippen LogP contribution in [-0.2, 0) is 11.3 Å². The smallest absolute Gasteiger partial charge is 0.145 e. The topological polar surface area (TPSA) is 20.3 Å². The molecule has 3 aromatic carbocycles. The van der Waals surface area contributed by atoms with Crippen LogP contribution in [0.3, 0.4) is 0 Å². The lowest BCUT2D eigenvalue weighted by Gasteiger charge is -2.26. The number of hydrogen-bond donors (Lipinski definition) is 0. The summed E-state index contributed by atoms with van der Waals surface area (Å²) in [4.78, 5) is 16.0. The summed E-state index contributed by atoms with van der Waals surface area (Å²) >= 11 is 0. The van der Waals surface area contributed by atoms with Crippen LogP contribution in [0.25, 0.3) is 0 Å². The zero-order valence-corrected chi connectivity index (χ0v) is 15.9. The van der Waals surface area contributed by atoms with E-state index in [1.54, 1.807) is 0 Å². The standard InChI is InChI=1S/C26H25NO/c28-26-23-18-27(16-19-10-4-1-5-11-19)17-22(23)24(20-12-6-2-7-13-20)25(26)21-14-8-3-9-15-21/h1-15,22-25H,16-18H2. The summed E-state index contributed by atoms with van der Waals surface area (Å²) in [6.07, 6.45) is 0. The van der Waals surface area contributed by atoms with E-state index in [9.17, 15) is 4.79 Å². The van der Waals surface area contributed by atoms with Crippen molar-refractivity contribution in [2.24, 2.45) is 11.8 Å². The van der Waals surface area contributed by atoms with E-state index >= 15 is 0 Å². The maximum Gasteiger partial charge on any atom is 0.145 e. The molecule has 3 aromatic rings. The van der Waals surface area contributed by atoms with Gasteiger partial charge in [-0.2, -0.15) is 0 Å². The predicted molar refractivity (Wildman–Crippen MR) is 112 cm³/mol. The maximum absolute atomic E-state index is 13.5. The molecule has 1 saturated carbocycles. The van der Waals surface area contributed by atoms with Crippen LogP contribution in [0.5, 0.6) is 0 Å². The molecule has 0 spiro atoms. The molecule has 1 saturated heterocycles. The highest BCUT2D eigenvalue weighted by atomic mass is 16.1. The highest BCUT2D eigenvalue weighted by Gasteiger charge is 2.54. The summed E-state index contributed by atoms with van der Waals surface area (Å²) in [5.74, 6) is 1.21. The van der Waals surface area contributed by atoms with Crippen molar-refractivity contribution in [3.05, 3.63) is 108 Å². The fraction of sp³-hybridized carbons (Fsp3) is 0.269. The first kappa shape index (κ1) is 17.4. The van der Waals surface area contributed by atoms with Crippen LogP contribution in [0.2, 0.25) is 0 Å². The lowest BCUT2D eigenvalue weighted by atomic mass is 9.79. The zero-order valence-electron chi connectivity index (χ0n) is 15.9. The van der Waals surface area contributed by atoms with E-state index in [0.717, 1.165) is 19.6 Å². The van der Waals surface area contributed by atoms with Gasteiger partial charge in [0.15, 0.2) is 0 Å². The van der Waals surface area contributed by atoms with Crippen LogP contribution in [0, 0.1) is 11.8 Å². The van der Waals surface area contributed by atoms with E-state index in [1.807, 2.05) is 6.07 Å². The normalized spacial score (nSPS) is 27.1. The number of nitrogens with zero attached hydrogens (tertiary/aromatic N) is 1. The molecule has 5 rings (SSSR count). The van der Waals surface area contributed by atoms with Crippen LogP contribution >= 0.6 is 0 Å². The van der Waals surface area contributed by atoms with Crippen LogP contribution in [0.4, 0.5) is 0 Å². The second-order valence-corrected chi connectivity index (χ2v) is 8.18. The minimum Gasteiger partial charge on any atom is -0.299 e. The number of rotatable bonds is 4. The van der Waals surface area contributed by atoms with Crippen LogP contribution in [-0.4, -0.2) is 23.8 Å². The Balaban J connectivity index is 1.47. The number of Topliss-reactive ketones (excluding diaryl/α,β-unsaturated/α-hetero) is 1. The molecule has 28 heavy (non-hydrogen) atoms. The fourth-order valence-corrected chi connectivity index (χ4v) is 5.35. The Morgan fingerprint density at radius 1 is 0.714 bits per heavy atom. The van der Waals surface area contributed by atoms with Crippen molar-refractivity contribution in [2.45, 2.75) is 18.4 Å². The summed E-state index contributed by atoms with van der Waals surface area (Å²) in [6.45, 7) is 2.80. The van der Waals surface area contributed by atoms with Gasteiger partial charge < -0.3 is 0 Å². The van der Waals surface area contributed by atoms with Gasteiger partial charge >= 0.3 is 0 Å². The number of ketones is 1. The minimum atomic E-state index is -0.0162. The van der Waals surface area contributed by atoms with E-state index in [-0.39, 0.29) is 17.8 Å². The van der Waals surface area contributed by atoms with Crippen LogP contribution in [0.1, 0.15) is 28.5 Å². The quantitative estimate of drug-likeness (QED) is 0.655. The minimum absolute atomic E-state index is 0.0162. The molecule has 1 aliphatic carbocycles. The summed E-state index contributed by atoms with van der Waals surface area (Å²) < 4.78 is 0. The zero-order chi connectivity index (χ0) is 18.9. The van der Waals surface area contributed by atoms with Crippen LogP contribution < -0.4 is 0 Å². The molecule has 0 radical (unpaired) electrons. The highest BCUT2D eigenvalue weighted by molar-refractivity contribution is 5.92. The lowest BCUT2D eigenvalue weighted by Crippen LogP contribution is -2.26. The average molecular weight is 367 g/mol. The van der Waals surface area contributed by atoms with Gasteiger partial charge in [0.2, 0.25) is 0 Å². The van der Waals surface area contributed by atoms with Crippen molar-refractivity contribution < 1.29 is 4.79 Å². The van der Waals surface area contributed by atoms with Gasteiger partial charge in [-0.05, 0) is 22.6 Å². The first-order valence-electron chi connectivity index (χ1n) is 10.2. The van der Waals surface area contributed by atoms with Crippen molar-refractivity contribution in [2.75, 3.05) is 13.1 Å². The Morgan fingerprint density at radius 3 is 1.93 bits per heavy atom. The largest absolute Gasteiger partial charge is 0.299 e. The Morgan fingerprint density at radius 2 is 1.29 bits per heavy atom. The van der Waals surface area contributed by atoms with Gasteiger partial charge in [0.1, 0.15) is 5.78 Å². The number of benzene rings is 3. The van der Waals surface area contributed by atoms with Crippen LogP contribution in [0.15, 0.2) is 91.0 Å². The molecule has 2 heteroatoms. The second kappa shape index (κ2) is 7.37. The van der Waals surface area contributed by atoms with Crippen molar-refractivity contribution >= 4 is 5.78 Å². The van der Waals surface area contributed by atoms with E-state index in [1.165, 1.54) is 16.7 Å². The van der Waals surface area contributed by atoms with E-state index in [4.69, 9.17) is 0 Å². The van der Waals surface area contributed by atoms with E-state index < -0.39 is 0 Å². The van der Waals surface area contributed by atoms with Gasteiger partial charge in [-0.25, -0.2) is 0 Å². The highest BCUT2D eigenvalue weighted by Crippen LogP contribution is 2.53. The summed E-state index contributed by atoms with van der Waals surface area (Å²) in [7, 11) is 0. The molecule has 0 bridgehead atoms. The monoisotopic (exact) mass is 367 g/mol. The molecule has 4 atom stereocenters. The summed E-state index contributed by atoms with van der Waals surface area (Å²) in [5, 5.41) is 0. The predicted octanol–water partition coefficient (Wildman–Crippen LogP) is 4.88. The first-order valence-corrected chi connectivity index (χ1v) is 10.2. The SMILES string of the molecule is O=C1C2CN(Cc3ccccc3)CC2C(c2ccccc2)C1c1ccccc1. The number of likely N-dealkylation sites (tertiary alicyclic amines) is 1. The molecular weight excluding hydrogens is 342 g/mol. The molecule has 2 aliphatic rings. The number of carbonyl (C=O) groups is 1. The van der Waals surface area contributed by atoms with Crippen molar-refractivity contribution in [1.82, 2.24) is 4.90 Å². The molecule has 2 nitrogen and oxygen atoms in total.